The van der Waals surface area contributed by atoms with E-state index >= 15 is 0 Å². The molecular weight excluding hydrogens is 404 g/mol. The molecule has 3 heterocycles. The van der Waals surface area contributed by atoms with Crippen molar-refractivity contribution in [1.82, 2.24) is 14.9 Å². The Balaban J connectivity index is 1.68. The summed E-state index contributed by atoms with van der Waals surface area (Å²) in [6.45, 7) is 3.62. The van der Waals surface area contributed by atoms with Crippen molar-refractivity contribution in [3.05, 3.63) is 50.9 Å². The molecule has 0 aliphatic rings. The van der Waals surface area contributed by atoms with Crippen LogP contribution >= 0.6 is 34.3 Å². The van der Waals surface area contributed by atoms with Gasteiger partial charge in [-0.3, -0.25) is 9.59 Å². The molecule has 3 aromatic rings. The van der Waals surface area contributed by atoms with E-state index in [1.165, 1.54) is 27.6 Å². The second-order valence-corrected chi connectivity index (χ2v) is 8.68. The molecule has 0 atom stereocenters. The van der Waals surface area contributed by atoms with E-state index in [9.17, 15) is 9.59 Å². The third-order valence-corrected chi connectivity index (χ3v) is 6.23. The smallest absolute Gasteiger partial charge is 0.266 e. The summed E-state index contributed by atoms with van der Waals surface area (Å²) in [5, 5.41) is 3.44. The van der Waals surface area contributed by atoms with Crippen LogP contribution in [0.1, 0.15) is 20.9 Å². The van der Waals surface area contributed by atoms with E-state index in [1.54, 1.807) is 32.3 Å². The van der Waals surface area contributed by atoms with E-state index in [0.29, 0.717) is 20.7 Å². The highest BCUT2D eigenvalue weighted by Gasteiger charge is 2.22. The molecule has 0 aliphatic carbocycles. The molecule has 0 aliphatic heterocycles. The number of likely N-dealkylation sites (N-methyl/N-ethyl adjacent to an activating group) is 1. The summed E-state index contributed by atoms with van der Waals surface area (Å²) in [6.07, 6.45) is 1.62. The number of anilines is 1. The maximum Gasteiger partial charge on any atom is 0.266 e. The summed E-state index contributed by atoms with van der Waals surface area (Å²) in [7, 11) is 1.59. The molecule has 0 unspecified atom stereocenters. The zero-order valence-corrected chi connectivity index (χ0v) is 17.3. The molecule has 0 bridgehead atoms. The van der Waals surface area contributed by atoms with Gasteiger partial charge in [0.25, 0.3) is 5.91 Å². The second kappa shape index (κ2) is 8.16. The largest absolute Gasteiger partial charge is 0.332 e. The molecule has 27 heavy (non-hydrogen) atoms. The van der Waals surface area contributed by atoms with Crippen molar-refractivity contribution in [3.63, 3.8) is 0 Å². The average Bonchev–Trinajstić information content (AvgIpc) is 3.19. The van der Waals surface area contributed by atoms with Gasteiger partial charge in [-0.15, -0.1) is 22.7 Å². The number of carbonyl (C=O) groups excluding carboxylic acids is 2. The van der Waals surface area contributed by atoms with E-state index in [4.69, 9.17) is 11.6 Å². The first-order valence-electron chi connectivity index (χ1n) is 8.04. The highest BCUT2D eigenvalue weighted by atomic mass is 35.5. The van der Waals surface area contributed by atoms with Crippen LogP contribution in [0.4, 0.5) is 5.82 Å². The Morgan fingerprint density at radius 3 is 2.67 bits per heavy atom. The lowest BCUT2D eigenvalue weighted by Crippen LogP contribution is -2.35. The molecule has 0 aromatic carbocycles. The van der Waals surface area contributed by atoms with Crippen molar-refractivity contribution < 1.29 is 9.59 Å². The van der Waals surface area contributed by atoms with Crippen LogP contribution in [-0.4, -0.2) is 40.3 Å². The Bertz CT molecular complexity index is 999. The summed E-state index contributed by atoms with van der Waals surface area (Å²) < 4.78 is 0.671. The van der Waals surface area contributed by atoms with Gasteiger partial charge in [-0.1, -0.05) is 11.6 Å². The number of pyridine rings is 1. The number of aromatic nitrogens is 2. The van der Waals surface area contributed by atoms with E-state index < -0.39 is 0 Å². The summed E-state index contributed by atoms with van der Waals surface area (Å²) in [4.78, 5) is 36.3. The lowest BCUT2D eigenvalue weighted by molar-refractivity contribution is -0.116. The third kappa shape index (κ3) is 4.71. The Morgan fingerprint density at radius 2 is 2.00 bits per heavy atom. The van der Waals surface area contributed by atoms with Crippen LogP contribution in [0, 0.1) is 13.8 Å². The Kier molecular flexibility index (Phi) is 5.88. The zero-order valence-electron chi connectivity index (χ0n) is 14.9. The lowest BCUT2D eigenvalue weighted by Gasteiger charge is -2.16. The molecule has 0 saturated heterocycles. The standard InChI is InChI=1S/C18H17ClN4O2S2/c1-10-6-7-20-14(8-10)22-15(24)9-23(3)18(25)16-11(2)21-17(27-16)12-4-5-13(19)26-12/h4-8H,9H2,1-3H3,(H,20,22,24). The van der Waals surface area contributed by atoms with Crippen LogP contribution in [0.3, 0.4) is 0 Å². The molecule has 3 rings (SSSR count). The molecule has 3 aromatic heterocycles. The zero-order chi connectivity index (χ0) is 19.6. The first-order chi connectivity index (χ1) is 12.8. The normalized spacial score (nSPS) is 10.7. The van der Waals surface area contributed by atoms with Crippen LogP contribution in [0.25, 0.3) is 9.88 Å². The number of hydrogen-bond donors (Lipinski definition) is 1. The maximum absolute atomic E-state index is 12.7. The minimum Gasteiger partial charge on any atom is -0.332 e. The van der Waals surface area contributed by atoms with E-state index in [0.717, 1.165) is 15.4 Å². The molecule has 0 saturated carbocycles. The van der Waals surface area contributed by atoms with Gasteiger partial charge < -0.3 is 10.2 Å². The third-order valence-electron chi connectivity index (χ3n) is 3.69. The number of carbonyl (C=O) groups is 2. The van der Waals surface area contributed by atoms with Gasteiger partial charge in [-0.2, -0.15) is 0 Å². The van der Waals surface area contributed by atoms with E-state index in [1.807, 2.05) is 19.1 Å². The first kappa shape index (κ1) is 19.5. The number of hydrogen-bond acceptors (Lipinski definition) is 6. The average molecular weight is 421 g/mol. The maximum atomic E-state index is 12.7. The molecule has 140 valence electrons. The molecule has 0 radical (unpaired) electrons. The van der Waals surface area contributed by atoms with Crippen molar-refractivity contribution in [3.8, 4) is 9.88 Å². The summed E-state index contributed by atoms with van der Waals surface area (Å²) in [6, 6.07) is 7.29. The fraction of sp³-hybridized carbons (Fsp3) is 0.222. The van der Waals surface area contributed by atoms with Gasteiger partial charge in [0.05, 0.1) is 21.5 Å². The Morgan fingerprint density at radius 1 is 1.22 bits per heavy atom. The molecule has 1 N–H and O–H groups in total. The fourth-order valence-corrected chi connectivity index (χ4v) is 4.54. The molecule has 6 nitrogen and oxygen atoms in total. The minimum atomic E-state index is -0.309. The number of amides is 2. The fourth-order valence-electron chi connectivity index (χ4n) is 2.38. The molecule has 0 fully saturated rings. The van der Waals surface area contributed by atoms with Crippen LogP contribution in [0.2, 0.25) is 4.34 Å². The summed E-state index contributed by atoms with van der Waals surface area (Å²) in [5.74, 6) is -0.0886. The Hall–Kier alpha value is -2.29. The number of aryl methyl sites for hydroxylation is 2. The molecule has 9 heteroatoms. The van der Waals surface area contributed by atoms with Gasteiger partial charge >= 0.3 is 0 Å². The van der Waals surface area contributed by atoms with Crippen LogP contribution in [0.15, 0.2) is 30.5 Å². The monoisotopic (exact) mass is 420 g/mol. The lowest BCUT2D eigenvalue weighted by atomic mass is 10.3. The minimum absolute atomic E-state index is 0.0774. The van der Waals surface area contributed by atoms with Crippen LogP contribution < -0.4 is 5.32 Å². The number of nitrogens with zero attached hydrogens (tertiary/aromatic N) is 3. The quantitative estimate of drug-likeness (QED) is 0.669. The van der Waals surface area contributed by atoms with Crippen molar-refractivity contribution >= 4 is 51.9 Å². The van der Waals surface area contributed by atoms with E-state index in [-0.39, 0.29) is 18.4 Å². The predicted molar refractivity (Wildman–Crippen MR) is 110 cm³/mol. The number of rotatable bonds is 5. The number of nitrogens with one attached hydrogen (secondary N) is 1. The highest BCUT2D eigenvalue weighted by Crippen LogP contribution is 2.35. The molecule has 2 amide bonds. The topological polar surface area (TPSA) is 75.2 Å². The van der Waals surface area contributed by atoms with Gasteiger partial charge in [0, 0.05) is 13.2 Å². The highest BCUT2D eigenvalue weighted by molar-refractivity contribution is 7.24. The van der Waals surface area contributed by atoms with Crippen LogP contribution in [0.5, 0.6) is 0 Å². The van der Waals surface area contributed by atoms with Gasteiger partial charge in [0.1, 0.15) is 15.7 Å². The van der Waals surface area contributed by atoms with Gasteiger partial charge in [-0.05, 0) is 43.7 Å². The predicted octanol–water partition coefficient (Wildman–Crippen LogP) is 4.25. The Labute approximate surface area is 169 Å². The summed E-state index contributed by atoms with van der Waals surface area (Å²) >= 11 is 8.69. The number of thiazole rings is 1. The van der Waals surface area contributed by atoms with Crippen LogP contribution in [-0.2, 0) is 4.79 Å². The van der Waals surface area contributed by atoms with Crippen molar-refractivity contribution in [2.45, 2.75) is 13.8 Å². The van der Waals surface area contributed by atoms with Gasteiger partial charge in [-0.25, -0.2) is 9.97 Å². The molecule has 0 spiro atoms. The van der Waals surface area contributed by atoms with Crippen molar-refractivity contribution in [2.75, 3.05) is 18.9 Å². The van der Waals surface area contributed by atoms with Crippen molar-refractivity contribution in [2.24, 2.45) is 0 Å². The second-order valence-electron chi connectivity index (χ2n) is 5.97. The van der Waals surface area contributed by atoms with Crippen molar-refractivity contribution in [1.29, 1.82) is 0 Å². The van der Waals surface area contributed by atoms with Gasteiger partial charge in [0.2, 0.25) is 5.91 Å². The first-order valence-corrected chi connectivity index (χ1v) is 10.1. The van der Waals surface area contributed by atoms with Gasteiger partial charge in [0.15, 0.2) is 0 Å². The summed E-state index contributed by atoms with van der Waals surface area (Å²) in [5.41, 5.74) is 1.63. The molecular formula is C18H17ClN4O2S2. The number of halogens is 1. The van der Waals surface area contributed by atoms with E-state index in [2.05, 4.69) is 15.3 Å². The number of thiophene rings is 1. The SMILES string of the molecule is Cc1ccnc(NC(=O)CN(C)C(=O)c2sc(-c3ccc(Cl)s3)nc2C)c1.